The molecule has 0 aromatic carbocycles. The van der Waals surface area contributed by atoms with Gasteiger partial charge in [-0.05, 0) is 31.6 Å². The second kappa shape index (κ2) is 12.9. The van der Waals surface area contributed by atoms with Crippen LogP contribution in [0.1, 0.15) is 32.1 Å². The highest BCUT2D eigenvalue weighted by atomic mass is 28.4. The van der Waals surface area contributed by atoms with E-state index in [1.54, 1.807) is 42.7 Å². The van der Waals surface area contributed by atoms with Crippen LogP contribution in [0.3, 0.4) is 0 Å². The van der Waals surface area contributed by atoms with Gasteiger partial charge in [-0.15, -0.1) is 0 Å². The molecule has 0 aliphatic heterocycles. The molecule has 0 aromatic rings. The maximum absolute atomic E-state index is 11.4. The van der Waals surface area contributed by atoms with Crippen LogP contribution in [0.2, 0.25) is 12.1 Å². The monoisotopic (exact) mass is 397 g/mol. The first-order valence-corrected chi connectivity index (χ1v) is 12.3. The summed E-state index contributed by atoms with van der Waals surface area (Å²) < 4.78 is 32.6. The van der Waals surface area contributed by atoms with Crippen molar-refractivity contribution in [1.29, 1.82) is 0 Å². The van der Waals surface area contributed by atoms with Gasteiger partial charge >= 0.3 is 17.6 Å². The maximum Gasteiger partial charge on any atom is 0.500 e. The summed E-state index contributed by atoms with van der Waals surface area (Å²) in [5.74, 6) is -0.0838. The van der Waals surface area contributed by atoms with Crippen molar-refractivity contribution >= 4 is 23.5 Å². The SMILES string of the molecule is CO[Si](CCCC(CCC[Si](OC)(OC)OC)CC(N)=O)(OC)OC. The van der Waals surface area contributed by atoms with Crippen molar-refractivity contribution in [2.75, 3.05) is 42.7 Å². The summed E-state index contributed by atoms with van der Waals surface area (Å²) in [6, 6.07) is 1.41. The smallest absolute Gasteiger partial charge is 0.377 e. The van der Waals surface area contributed by atoms with E-state index < -0.39 is 17.6 Å². The van der Waals surface area contributed by atoms with Crippen molar-refractivity contribution < 1.29 is 31.4 Å². The summed E-state index contributed by atoms with van der Waals surface area (Å²) in [7, 11) is 4.47. The summed E-state index contributed by atoms with van der Waals surface area (Å²) in [6.07, 6.45) is 3.77. The molecule has 0 aliphatic rings. The van der Waals surface area contributed by atoms with Gasteiger partial charge < -0.3 is 32.3 Å². The van der Waals surface area contributed by atoms with Crippen molar-refractivity contribution in [1.82, 2.24) is 0 Å². The molecule has 0 rings (SSSR count). The Morgan fingerprint density at radius 1 is 0.760 bits per heavy atom. The number of amides is 1. The third kappa shape index (κ3) is 8.73. The zero-order chi connectivity index (χ0) is 19.3. The fraction of sp³-hybridized carbons (Fsp3) is 0.933. The van der Waals surface area contributed by atoms with Gasteiger partial charge in [-0.2, -0.15) is 0 Å². The molecule has 25 heavy (non-hydrogen) atoms. The predicted octanol–water partition coefficient (Wildman–Crippen LogP) is 1.79. The zero-order valence-corrected chi connectivity index (χ0v) is 18.5. The first kappa shape index (κ1) is 24.7. The van der Waals surface area contributed by atoms with Crippen LogP contribution in [0.15, 0.2) is 0 Å². The van der Waals surface area contributed by atoms with Gasteiger partial charge in [0.25, 0.3) is 0 Å². The summed E-state index contributed by atoms with van der Waals surface area (Å²) >= 11 is 0. The molecule has 2 N–H and O–H groups in total. The number of hydrogen-bond acceptors (Lipinski definition) is 7. The third-order valence-corrected chi connectivity index (χ3v) is 10.2. The Hall–Kier alpha value is -0.336. The van der Waals surface area contributed by atoms with Crippen molar-refractivity contribution in [3.8, 4) is 0 Å². The molecule has 0 bridgehead atoms. The Balaban J connectivity index is 4.53. The van der Waals surface area contributed by atoms with E-state index >= 15 is 0 Å². The maximum atomic E-state index is 11.4. The lowest BCUT2D eigenvalue weighted by Crippen LogP contribution is -2.42. The minimum Gasteiger partial charge on any atom is -0.377 e. The fourth-order valence-corrected chi connectivity index (χ4v) is 6.46. The Kier molecular flexibility index (Phi) is 12.8. The lowest BCUT2D eigenvalue weighted by Gasteiger charge is -2.26. The largest absolute Gasteiger partial charge is 0.500 e. The van der Waals surface area contributed by atoms with Crippen molar-refractivity contribution in [2.24, 2.45) is 11.7 Å². The molecule has 0 aromatic heterocycles. The van der Waals surface area contributed by atoms with Crippen LogP contribution in [0.25, 0.3) is 0 Å². The lowest BCUT2D eigenvalue weighted by molar-refractivity contribution is -0.119. The summed E-state index contributed by atoms with van der Waals surface area (Å²) in [6.45, 7) is 0. The zero-order valence-electron chi connectivity index (χ0n) is 16.5. The first-order chi connectivity index (χ1) is 11.9. The molecule has 150 valence electrons. The van der Waals surface area contributed by atoms with Gasteiger partial charge in [0.1, 0.15) is 0 Å². The van der Waals surface area contributed by atoms with Gasteiger partial charge in [-0.25, -0.2) is 0 Å². The summed E-state index contributed by atoms with van der Waals surface area (Å²) in [5.41, 5.74) is 5.40. The predicted molar refractivity (Wildman–Crippen MR) is 98.9 cm³/mol. The molecular formula is C15H35NO7Si2. The number of carbonyl (C=O) groups is 1. The second-order valence-corrected chi connectivity index (χ2v) is 12.1. The van der Waals surface area contributed by atoms with Crippen LogP contribution < -0.4 is 5.73 Å². The lowest BCUT2D eigenvalue weighted by atomic mass is 9.94. The number of nitrogens with two attached hydrogens (primary N) is 1. The molecule has 1 amide bonds. The highest BCUT2D eigenvalue weighted by Crippen LogP contribution is 2.26. The van der Waals surface area contributed by atoms with E-state index in [0.29, 0.717) is 18.5 Å². The van der Waals surface area contributed by atoms with Crippen molar-refractivity contribution in [2.45, 2.75) is 44.2 Å². The number of rotatable bonds is 16. The number of primary amides is 1. The van der Waals surface area contributed by atoms with E-state index in [0.717, 1.165) is 25.7 Å². The van der Waals surface area contributed by atoms with E-state index in [2.05, 4.69) is 0 Å². The van der Waals surface area contributed by atoms with Gasteiger partial charge in [0.15, 0.2) is 0 Å². The van der Waals surface area contributed by atoms with Gasteiger partial charge in [-0.1, -0.05) is 0 Å². The molecule has 0 unspecified atom stereocenters. The van der Waals surface area contributed by atoms with Crippen molar-refractivity contribution in [3.05, 3.63) is 0 Å². The molecule has 0 atom stereocenters. The highest BCUT2D eigenvalue weighted by Gasteiger charge is 2.38. The van der Waals surface area contributed by atoms with Crippen LogP contribution in [-0.2, 0) is 31.4 Å². The minimum atomic E-state index is -2.57. The Labute approximate surface area is 154 Å². The summed E-state index contributed by atoms with van der Waals surface area (Å²) in [4.78, 5) is 11.4. The van der Waals surface area contributed by atoms with E-state index in [1.807, 2.05) is 0 Å². The number of hydrogen-bond donors (Lipinski definition) is 1. The Bertz CT molecular complexity index is 323. The molecule has 0 radical (unpaired) electrons. The molecule has 8 nitrogen and oxygen atoms in total. The quantitative estimate of drug-likeness (QED) is 0.396. The van der Waals surface area contributed by atoms with Crippen LogP contribution in [0, 0.1) is 5.92 Å². The fourth-order valence-electron chi connectivity index (χ4n) is 2.96. The summed E-state index contributed by atoms with van der Waals surface area (Å²) in [5, 5.41) is 0. The molecule has 0 fully saturated rings. The Morgan fingerprint density at radius 2 is 1.08 bits per heavy atom. The van der Waals surface area contributed by atoms with E-state index in [4.69, 9.17) is 32.3 Å². The highest BCUT2D eigenvalue weighted by molar-refractivity contribution is 6.60. The van der Waals surface area contributed by atoms with Gasteiger partial charge in [-0.3, -0.25) is 4.79 Å². The van der Waals surface area contributed by atoms with E-state index in [-0.39, 0.29) is 11.8 Å². The van der Waals surface area contributed by atoms with Crippen LogP contribution in [0.5, 0.6) is 0 Å². The van der Waals surface area contributed by atoms with Crippen LogP contribution in [0.4, 0.5) is 0 Å². The minimum absolute atomic E-state index is 0.201. The molecule has 0 heterocycles. The standard InChI is InChI=1S/C15H35NO7Si2/c1-18-24(19-2,20-3)11-7-9-14(13-15(16)17)10-8-12-25(21-4,22-5)23-6/h14H,7-13H2,1-6H3,(H2,16,17). The molecule has 0 saturated heterocycles. The van der Waals surface area contributed by atoms with Crippen molar-refractivity contribution in [3.63, 3.8) is 0 Å². The van der Waals surface area contributed by atoms with E-state index in [9.17, 15) is 4.79 Å². The molecule has 0 aliphatic carbocycles. The molecular weight excluding hydrogens is 362 g/mol. The topological polar surface area (TPSA) is 98.5 Å². The molecule has 0 saturated carbocycles. The van der Waals surface area contributed by atoms with Gasteiger partial charge in [0.05, 0.1) is 0 Å². The average Bonchev–Trinajstić information content (AvgIpc) is 2.62. The van der Waals surface area contributed by atoms with Crippen LogP contribution >= 0.6 is 0 Å². The normalized spacial score (nSPS) is 12.8. The average molecular weight is 398 g/mol. The van der Waals surface area contributed by atoms with E-state index in [1.165, 1.54) is 0 Å². The Morgan fingerprint density at radius 3 is 1.32 bits per heavy atom. The second-order valence-electron chi connectivity index (χ2n) is 5.91. The third-order valence-electron chi connectivity index (χ3n) is 4.55. The number of carbonyl (C=O) groups excluding carboxylic acids is 1. The first-order valence-electron chi connectivity index (χ1n) is 8.45. The van der Waals surface area contributed by atoms with Gasteiger partial charge in [0, 0.05) is 61.2 Å². The van der Waals surface area contributed by atoms with Gasteiger partial charge in [0.2, 0.25) is 5.91 Å². The molecule has 10 heteroatoms. The molecule has 0 spiro atoms. The van der Waals surface area contributed by atoms with Crippen LogP contribution in [-0.4, -0.2) is 66.2 Å².